The first-order valence-electron chi connectivity index (χ1n) is 6.47. The summed E-state index contributed by atoms with van der Waals surface area (Å²) in [5.74, 6) is -1.13. The maximum Gasteiger partial charge on any atom is 0.358 e. The van der Waals surface area contributed by atoms with Crippen molar-refractivity contribution in [2.24, 2.45) is 0 Å². The maximum absolute atomic E-state index is 11.4. The number of aromatic carboxylic acids is 1. The molecule has 1 aromatic carbocycles. The zero-order chi connectivity index (χ0) is 15.5. The van der Waals surface area contributed by atoms with E-state index < -0.39 is 5.97 Å². The quantitative estimate of drug-likeness (QED) is 0.800. The van der Waals surface area contributed by atoms with Crippen LogP contribution in [0.5, 0.6) is 0 Å². The number of hydrogen-bond donors (Lipinski definition) is 1. The van der Waals surface area contributed by atoms with Crippen molar-refractivity contribution in [2.75, 3.05) is 0 Å². The van der Waals surface area contributed by atoms with Crippen LogP contribution in [0.15, 0.2) is 48.8 Å². The van der Waals surface area contributed by atoms with Gasteiger partial charge in [-0.3, -0.25) is 4.98 Å². The van der Waals surface area contributed by atoms with Crippen molar-refractivity contribution in [3.63, 3.8) is 0 Å². The first kappa shape index (κ1) is 14.2. The number of hydrogen-bond acceptors (Lipinski definition) is 4. The molecule has 0 saturated heterocycles. The van der Waals surface area contributed by atoms with E-state index in [0.29, 0.717) is 22.8 Å². The van der Waals surface area contributed by atoms with E-state index in [1.54, 1.807) is 30.6 Å². The Bertz CT molecular complexity index is 817. The van der Waals surface area contributed by atoms with E-state index in [2.05, 4.69) is 15.3 Å². The molecule has 7 heteroatoms. The van der Waals surface area contributed by atoms with E-state index in [0.717, 1.165) is 5.56 Å². The maximum atomic E-state index is 11.4. The first-order valence-corrected chi connectivity index (χ1v) is 6.85. The fourth-order valence-corrected chi connectivity index (χ4v) is 2.35. The van der Waals surface area contributed by atoms with Crippen molar-refractivity contribution in [3.8, 4) is 11.3 Å². The molecule has 0 saturated carbocycles. The van der Waals surface area contributed by atoms with Crippen molar-refractivity contribution < 1.29 is 9.90 Å². The Hall–Kier alpha value is -2.73. The smallest absolute Gasteiger partial charge is 0.358 e. The molecular formula is C15H11ClN4O2. The van der Waals surface area contributed by atoms with Gasteiger partial charge in [-0.2, -0.15) is 0 Å². The fraction of sp³-hybridized carbons (Fsp3) is 0.0667. The molecular weight excluding hydrogens is 304 g/mol. The fourth-order valence-electron chi connectivity index (χ4n) is 2.15. The highest BCUT2D eigenvalue weighted by Crippen LogP contribution is 2.24. The third-order valence-corrected chi connectivity index (χ3v) is 3.54. The molecule has 0 spiro atoms. The lowest BCUT2D eigenvalue weighted by atomic mass is 10.1. The van der Waals surface area contributed by atoms with Crippen LogP contribution in [0.3, 0.4) is 0 Å². The number of aromatic nitrogens is 4. The Morgan fingerprint density at radius 1 is 1.18 bits per heavy atom. The van der Waals surface area contributed by atoms with E-state index in [1.165, 1.54) is 4.68 Å². The Balaban J connectivity index is 2.09. The molecule has 2 heterocycles. The first-order chi connectivity index (χ1) is 10.7. The van der Waals surface area contributed by atoms with Crippen LogP contribution in [0.1, 0.15) is 16.1 Å². The monoisotopic (exact) mass is 314 g/mol. The Kier molecular flexibility index (Phi) is 3.84. The van der Waals surface area contributed by atoms with Gasteiger partial charge in [0.25, 0.3) is 0 Å². The third-order valence-electron chi connectivity index (χ3n) is 3.17. The molecule has 0 bridgehead atoms. The van der Waals surface area contributed by atoms with Crippen LogP contribution < -0.4 is 0 Å². The van der Waals surface area contributed by atoms with Crippen LogP contribution in [0, 0.1) is 0 Å². The van der Waals surface area contributed by atoms with Crippen LogP contribution in [-0.2, 0) is 6.54 Å². The second-order valence-corrected chi connectivity index (χ2v) is 4.98. The molecule has 0 unspecified atom stereocenters. The molecule has 0 aliphatic rings. The van der Waals surface area contributed by atoms with Gasteiger partial charge in [-0.15, -0.1) is 5.10 Å². The van der Waals surface area contributed by atoms with Gasteiger partial charge < -0.3 is 5.11 Å². The number of carboxylic acid groups (broad SMARTS) is 1. The highest BCUT2D eigenvalue weighted by molar-refractivity contribution is 6.31. The van der Waals surface area contributed by atoms with E-state index >= 15 is 0 Å². The van der Waals surface area contributed by atoms with Crippen LogP contribution >= 0.6 is 11.6 Å². The zero-order valence-electron chi connectivity index (χ0n) is 11.3. The van der Waals surface area contributed by atoms with Crippen LogP contribution in [0.25, 0.3) is 11.3 Å². The number of pyridine rings is 1. The summed E-state index contributed by atoms with van der Waals surface area (Å²) in [7, 11) is 0. The summed E-state index contributed by atoms with van der Waals surface area (Å²) < 4.78 is 1.53. The number of halogens is 1. The van der Waals surface area contributed by atoms with Gasteiger partial charge in [0.1, 0.15) is 5.69 Å². The van der Waals surface area contributed by atoms with Crippen molar-refractivity contribution in [2.45, 2.75) is 6.54 Å². The van der Waals surface area contributed by atoms with Crippen molar-refractivity contribution in [1.82, 2.24) is 20.0 Å². The van der Waals surface area contributed by atoms with Gasteiger partial charge in [-0.1, -0.05) is 35.0 Å². The predicted octanol–water partition coefficient (Wildman–Crippen LogP) is 2.74. The summed E-state index contributed by atoms with van der Waals surface area (Å²) in [6.45, 7) is 0.331. The standard InChI is InChI=1S/C15H11ClN4O2/c16-12-4-2-1-3-11(12)9-20-14(10-5-7-17-8-6-10)13(15(21)22)18-19-20/h1-8H,9H2,(H,21,22). The number of nitrogens with zero attached hydrogens (tertiary/aromatic N) is 4. The van der Waals surface area contributed by atoms with Crippen LogP contribution in [0.2, 0.25) is 5.02 Å². The molecule has 3 rings (SSSR count). The van der Waals surface area contributed by atoms with Gasteiger partial charge >= 0.3 is 5.97 Å². The summed E-state index contributed by atoms with van der Waals surface area (Å²) in [5, 5.41) is 17.6. The Morgan fingerprint density at radius 3 is 2.59 bits per heavy atom. The lowest BCUT2D eigenvalue weighted by Gasteiger charge is -2.08. The van der Waals surface area contributed by atoms with Gasteiger partial charge in [-0.25, -0.2) is 9.48 Å². The highest BCUT2D eigenvalue weighted by atomic mass is 35.5. The molecule has 0 radical (unpaired) electrons. The second-order valence-electron chi connectivity index (χ2n) is 4.58. The molecule has 0 amide bonds. The molecule has 0 aliphatic carbocycles. The van der Waals surface area contributed by atoms with Crippen LogP contribution in [0.4, 0.5) is 0 Å². The molecule has 0 aliphatic heterocycles. The minimum Gasteiger partial charge on any atom is -0.476 e. The van der Waals surface area contributed by atoms with Crippen LogP contribution in [-0.4, -0.2) is 31.1 Å². The summed E-state index contributed by atoms with van der Waals surface area (Å²) in [6.07, 6.45) is 3.18. The number of rotatable bonds is 4. The molecule has 3 aromatic rings. The van der Waals surface area contributed by atoms with Crippen molar-refractivity contribution in [1.29, 1.82) is 0 Å². The minimum absolute atomic E-state index is 0.0988. The van der Waals surface area contributed by atoms with E-state index in [4.69, 9.17) is 11.6 Å². The van der Waals surface area contributed by atoms with E-state index in [1.807, 2.05) is 18.2 Å². The second kappa shape index (κ2) is 5.95. The topological polar surface area (TPSA) is 80.9 Å². The highest BCUT2D eigenvalue weighted by Gasteiger charge is 2.21. The van der Waals surface area contributed by atoms with Gasteiger partial charge in [0.15, 0.2) is 5.69 Å². The molecule has 110 valence electrons. The van der Waals surface area contributed by atoms with Gasteiger partial charge in [0, 0.05) is 23.0 Å². The summed E-state index contributed by atoms with van der Waals surface area (Å²) in [4.78, 5) is 15.3. The van der Waals surface area contributed by atoms with Crippen molar-refractivity contribution in [3.05, 3.63) is 65.1 Å². The minimum atomic E-state index is -1.13. The number of carboxylic acids is 1. The van der Waals surface area contributed by atoms with Gasteiger partial charge in [0.2, 0.25) is 0 Å². The largest absolute Gasteiger partial charge is 0.476 e. The zero-order valence-corrected chi connectivity index (χ0v) is 12.1. The SMILES string of the molecule is O=C(O)c1nnn(Cc2ccccc2Cl)c1-c1ccncc1. The molecule has 1 N–H and O–H groups in total. The normalized spacial score (nSPS) is 10.6. The van der Waals surface area contributed by atoms with E-state index in [-0.39, 0.29) is 5.69 Å². The van der Waals surface area contributed by atoms with E-state index in [9.17, 15) is 9.90 Å². The molecule has 6 nitrogen and oxygen atoms in total. The summed E-state index contributed by atoms with van der Waals surface area (Å²) in [6, 6.07) is 10.8. The Labute approximate surface area is 131 Å². The number of benzene rings is 1. The molecule has 22 heavy (non-hydrogen) atoms. The summed E-state index contributed by atoms with van der Waals surface area (Å²) >= 11 is 6.15. The van der Waals surface area contributed by atoms with Gasteiger partial charge in [-0.05, 0) is 23.8 Å². The number of carbonyl (C=O) groups is 1. The molecule has 0 fully saturated rings. The predicted molar refractivity (Wildman–Crippen MR) is 80.8 cm³/mol. The lowest BCUT2D eigenvalue weighted by molar-refractivity contribution is 0.0691. The van der Waals surface area contributed by atoms with Crippen molar-refractivity contribution >= 4 is 17.6 Å². The average molecular weight is 315 g/mol. The molecule has 0 atom stereocenters. The Morgan fingerprint density at radius 2 is 1.91 bits per heavy atom. The van der Waals surface area contributed by atoms with Gasteiger partial charge in [0.05, 0.1) is 6.54 Å². The average Bonchev–Trinajstić information content (AvgIpc) is 2.94. The molecule has 2 aromatic heterocycles. The summed E-state index contributed by atoms with van der Waals surface area (Å²) in [5.41, 5.74) is 1.85. The lowest BCUT2D eigenvalue weighted by Crippen LogP contribution is -2.06. The third kappa shape index (κ3) is 2.68.